The first kappa shape index (κ1) is 28.2. The minimum Gasteiger partial charge on any atom is -0.348 e. The van der Waals surface area contributed by atoms with Gasteiger partial charge in [0.05, 0.1) is 18.3 Å². The molecule has 1 spiro atoms. The van der Waals surface area contributed by atoms with Crippen molar-refractivity contribution in [3.05, 3.63) is 102 Å². The number of hydrogen-bond donors (Lipinski definition) is 1. The number of carbonyl (C=O) groups is 3. The lowest BCUT2D eigenvalue weighted by atomic mass is 9.85. The Kier molecular flexibility index (Phi) is 7.75. The number of anilines is 1. The quantitative estimate of drug-likeness (QED) is 0.464. The summed E-state index contributed by atoms with van der Waals surface area (Å²) in [4.78, 5) is 45.1. The topological polar surface area (TPSA) is 73.0 Å². The van der Waals surface area contributed by atoms with Gasteiger partial charge in [-0.3, -0.25) is 14.4 Å². The van der Waals surface area contributed by atoms with Gasteiger partial charge in [0.2, 0.25) is 5.91 Å². The molecule has 0 aliphatic carbocycles. The van der Waals surface area contributed by atoms with Gasteiger partial charge in [-0.05, 0) is 55.7 Å². The summed E-state index contributed by atoms with van der Waals surface area (Å²) in [7, 11) is 0. The number of alkyl halides is 3. The Bertz CT molecular complexity index is 1410. The lowest BCUT2D eigenvalue weighted by Crippen LogP contribution is -2.57. The first-order valence-corrected chi connectivity index (χ1v) is 13.5. The summed E-state index contributed by atoms with van der Waals surface area (Å²) < 4.78 is 39.6. The zero-order chi connectivity index (χ0) is 29.2. The first-order valence-electron chi connectivity index (χ1n) is 13.5. The van der Waals surface area contributed by atoms with Crippen molar-refractivity contribution in [3.8, 4) is 0 Å². The number of rotatable bonds is 6. The van der Waals surface area contributed by atoms with E-state index in [-0.39, 0.29) is 62.6 Å². The highest BCUT2D eigenvalue weighted by atomic mass is 19.4. The molecule has 2 heterocycles. The van der Waals surface area contributed by atoms with Crippen molar-refractivity contribution in [1.29, 1.82) is 0 Å². The Morgan fingerprint density at radius 1 is 0.927 bits per heavy atom. The van der Waals surface area contributed by atoms with Gasteiger partial charge < -0.3 is 20.0 Å². The van der Waals surface area contributed by atoms with Crippen LogP contribution in [0.4, 0.5) is 18.9 Å². The molecule has 2 aliphatic rings. The third-order valence-electron chi connectivity index (χ3n) is 7.91. The molecular formula is C31H31F3N4O3. The third-order valence-corrected chi connectivity index (χ3v) is 7.91. The van der Waals surface area contributed by atoms with E-state index in [1.54, 1.807) is 0 Å². The predicted octanol–water partition coefficient (Wildman–Crippen LogP) is 4.86. The van der Waals surface area contributed by atoms with Gasteiger partial charge in [-0.2, -0.15) is 13.2 Å². The van der Waals surface area contributed by atoms with Crippen molar-refractivity contribution in [1.82, 2.24) is 15.1 Å². The fourth-order valence-corrected chi connectivity index (χ4v) is 5.70. The van der Waals surface area contributed by atoms with Crippen molar-refractivity contribution < 1.29 is 27.6 Å². The number of likely N-dealkylation sites (tertiary alicyclic amines) is 1. The van der Waals surface area contributed by atoms with Crippen LogP contribution < -0.4 is 10.2 Å². The summed E-state index contributed by atoms with van der Waals surface area (Å²) >= 11 is 0. The lowest BCUT2D eigenvalue weighted by molar-refractivity contribution is -0.137. The van der Waals surface area contributed by atoms with Crippen molar-refractivity contribution in [2.45, 2.75) is 37.5 Å². The molecule has 2 fully saturated rings. The van der Waals surface area contributed by atoms with Crippen LogP contribution in [0, 0.1) is 0 Å². The van der Waals surface area contributed by atoms with E-state index in [1.807, 2.05) is 72.5 Å². The number of hydrogen-bond acceptors (Lipinski definition) is 4. The van der Waals surface area contributed by atoms with Crippen LogP contribution in [0.25, 0.3) is 0 Å². The van der Waals surface area contributed by atoms with Crippen LogP contribution >= 0.6 is 0 Å². The maximum Gasteiger partial charge on any atom is 0.416 e. The number of amides is 3. The monoisotopic (exact) mass is 564 g/mol. The second kappa shape index (κ2) is 11.3. The number of carbonyl (C=O) groups excluding carboxylic acids is 3. The van der Waals surface area contributed by atoms with E-state index in [4.69, 9.17) is 0 Å². The van der Waals surface area contributed by atoms with Gasteiger partial charge in [-0.25, -0.2) is 0 Å². The van der Waals surface area contributed by atoms with Gasteiger partial charge in [0.15, 0.2) is 0 Å². The molecule has 3 amide bonds. The number of nitrogens with one attached hydrogen (secondary N) is 1. The lowest BCUT2D eigenvalue weighted by Gasteiger charge is -2.43. The van der Waals surface area contributed by atoms with Gasteiger partial charge in [0, 0.05) is 24.3 Å². The zero-order valence-electron chi connectivity index (χ0n) is 22.6. The van der Waals surface area contributed by atoms with Crippen LogP contribution in [-0.2, 0) is 15.8 Å². The number of halogens is 3. The molecule has 0 saturated carbocycles. The summed E-state index contributed by atoms with van der Waals surface area (Å²) in [5.41, 5.74) is -0.127. The molecule has 3 aromatic carbocycles. The highest BCUT2D eigenvalue weighted by molar-refractivity contribution is 5.97. The number of para-hydroxylation sites is 1. The number of benzene rings is 3. The zero-order valence-corrected chi connectivity index (χ0v) is 22.6. The smallest absolute Gasteiger partial charge is 0.348 e. The van der Waals surface area contributed by atoms with Crippen LogP contribution in [0.3, 0.4) is 0 Å². The maximum atomic E-state index is 13.9. The summed E-state index contributed by atoms with van der Waals surface area (Å²) in [6.07, 6.45) is -3.99. The van der Waals surface area contributed by atoms with Crippen molar-refractivity contribution in [3.63, 3.8) is 0 Å². The number of piperidine rings is 1. The molecule has 0 aromatic heterocycles. The van der Waals surface area contributed by atoms with Crippen molar-refractivity contribution in [2.75, 3.05) is 31.2 Å². The fourth-order valence-electron chi connectivity index (χ4n) is 5.70. The van der Waals surface area contributed by atoms with E-state index in [1.165, 1.54) is 21.9 Å². The Labute approximate surface area is 236 Å². The summed E-state index contributed by atoms with van der Waals surface area (Å²) in [5, 5.41) is 2.96. The van der Waals surface area contributed by atoms with E-state index < -0.39 is 23.2 Å². The Balaban J connectivity index is 1.32. The van der Waals surface area contributed by atoms with E-state index in [0.29, 0.717) is 0 Å². The Hall–Kier alpha value is -4.34. The average molecular weight is 565 g/mol. The van der Waals surface area contributed by atoms with Crippen LogP contribution in [0.15, 0.2) is 84.9 Å². The molecule has 0 bridgehead atoms. The highest BCUT2D eigenvalue weighted by Crippen LogP contribution is 2.40. The van der Waals surface area contributed by atoms with Gasteiger partial charge in [0.1, 0.15) is 12.1 Å². The second-order valence-electron chi connectivity index (χ2n) is 10.5. The Morgan fingerprint density at radius 3 is 2.20 bits per heavy atom. The van der Waals surface area contributed by atoms with E-state index in [9.17, 15) is 27.6 Å². The summed E-state index contributed by atoms with van der Waals surface area (Å²) in [5.74, 6) is -0.985. The van der Waals surface area contributed by atoms with E-state index in [2.05, 4.69) is 5.32 Å². The molecule has 214 valence electrons. The summed E-state index contributed by atoms with van der Waals surface area (Å²) in [6, 6.07) is 23.1. The number of nitrogens with zero attached hydrogens (tertiary/aromatic N) is 3. The van der Waals surface area contributed by atoms with Gasteiger partial charge in [0.25, 0.3) is 11.8 Å². The normalized spacial score (nSPS) is 17.6. The molecule has 1 atom stereocenters. The van der Waals surface area contributed by atoms with Crippen molar-refractivity contribution >= 4 is 23.4 Å². The van der Waals surface area contributed by atoms with Crippen LogP contribution in [-0.4, -0.2) is 59.4 Å². The fraction of sp³-hybridized carbons (Fsp3) is 0.323. The average Bonchev–Trinajstić information content (AvgIpc) is 3.23. The summed E-state index contributed by atoms with van der Waals surface area (Å²) in [6.45, 7) is 2.35. The van der Waals surface area contributed by atoms with Gasteiger partial charge in [-0.15, -0.1) is 0 Å². The highest BCUT2D eigenvalue weighted by Gasteiger charge is 2.54. The van der Waals surface area contributed by atoms with Crippen LogP contribution in [0.1, 0.15) is 47.3 Å². The SMILES string of the molecule is CC(NC(=O)CN1CN(c2ccccc2)C2(CCN(C(=O)c3cccc(C(F)(F)F)c3)CC2)C1=O)c1ccccc1. The molecule has 41 heavy (non-hydrogen) atoms. The molecule has 3 aromatic rings. The van der Waals surface area contributed by atoms with Crippen molar-refractivity contribution in [2.24, 2.45) is 0 Å². The minimum atomic E-state index is -4.55. The third kappa shape index (κ3) is 5.77. The second-order valence-corrected chi connectivity index (χ2v) is 10.5. The molecule has 2 aliphatic heterocycles. The first-order chi connectivity index (χ1) is 19.6. The van der Waals surface area contributed by atoms with E-state index >= 15 is 0 Å². The van der Waals surface area contributed by atoms with Crippen LogP contribution in [0.5, 0.6) is 0 Å². The van der Waals surface area contributed by atoms with Gasteiger partial charge in [-0.1, -0.05) is 54.6 Å². The van der Waals surface area contributed by atoms with E-state index in [0.717, 1.165) is 23.4 Å². The standard InChI is InChI=1S/C31H31F3N4O3/c1-22(23-9-4-2-5-10-23)35-27(39)20-37-21-38(26-13-6-3-7-14-26)30(29(37)41)15-17-36(18-16-30)28(40)24-11-8-12-25(19-24)31(32,33)34/h2-14,19,22H,15-18,20-21H2,1H3,(H,35,39). The molecule has 10 heteroatoms. The molecule has 1 N–H and O–H groups in total. The molecular weight excluding hydrogens is 533 g/mol. The molecule has 2 saturated heterocycles. The molecule has 0 radical (unpaired) electrons. The molecule has 1 unspecified atom stereocenters. The van der Waals surface area contributed by atoms with Gasteiger partial charge >= 0.3 is 6.18 Å². The van der Waals surface area contributed by atoms with Crippen LogP contribution in [0.2, 0.25) is 0 Å². The Morgan fingerprint density at radius 2 is 1.56 bits per heavy atom. The minimum absolute atomic E-state index is 0.0423. The molecule has 7 nitrogen and oxygen atoms in total. The predicted molar refractivity (Wildman–Crippen MR) is 148 cm³/mol. The molecule has 5 rings (SSSR count). The largest absolute Gasteiger partial charge is 0.416 e. The maximum absolute atomic E-state index is 13.9.